The molecule has 27 heavy (non-hydrogen) atoms. The number of ketones is 1. The fourth-order valence-electron chi connectivity index (χ4n) is 3.70. The molecule has 0 aliphatic carbocycles. The van der Waals surface area contributed by atoms with Gasteiger partial charge in [-0.25, -0.2) is 0 Å². The van der Waals surface area contributed by atoms with Gasteiger partial charge >= 0.3 is 0 Å². The van der Waals surface area contributed by atoms with Gasteiger partial charge in [-0.15, -0.1) is 0 Å². The average molecular weight is 356 g/mol. The lowest BCUT2D eigenvalue weighted by Crippen LogP contribution is -2.07. The lowest BCUT2D eigenvalue weighted by Gasteiger charge is -2.11. The maximum atomic E-state index is 13.4. The number of nitrogens with zero attached hydrogens (tertiary/aromatic N) is 2. The number of carbonyl (C=O) groups is 1. The molecule has 1 aromatic heterocycles. The SMILES string of the molecule is CCn1c2ccccc2c2cc(C(C)=NO)cc(C(=O)c3ccccc3)c21. The number of aromatic nitrogens is 1. The Bertz CT molecular complexity index is 1190. The monoisotopic (exact) mass is 356 g/mol. The molecule has 4 heteroatoms. The van der Waals surface area contributed by atoms with Crippen LogP contribution in [0.15, 0.2) is 71.9 Å². The van der Waals surface area contributed by atoms with Crippen LogP contribution in [0.25, 0.3) is 21.8 Å². The number of benzene rings is 3. The van der Waals surface area contributed by atoms with Crippen molar-refractivity contribution in [1.29, 1.82) is 0 Å². The van der Waals surface area contributed by atoms with Gasteiger partial charge in [0.1, 0.15) is 0 Å². The highest BCUT2D eigenvalue weighted by Crippen LogP contribution is 2.33. The third-order valence-electron chi connectivity index (χ3n) is 5.03. The van der Waals surface area contributed by atoms with Crippen molar-refractivity contribution >= 4 is 33.3 Å². The molecule has 3 aromatic carbocycles. The Kier molecular flexibility index (Phi) is 4.24. The summed E-state index contributed by atoms with van der Waals surface area (Å²) in [7, 11) is 0. The Hall–Kier alpha value is -3.40. The standard InChI is InChI=1S/C23H20N2O2/c1-3-25-21-12-8-7-11-18(21)19-13-17(15(2)24-27)14-20(22(19)25)23(26)16-9-5-4-6-10-16/h4-14,27H,3H2,1-2H3. The van der Waals surface area contributed by atoms with E-state index in [1.54, 1.807) is 6.92 Å². The van der Waals surface area contributed by atoms with Crippen LogP contribution in [0.5, 0.6) is 0 Å². The quantitative estimate of drug-likeness (QED) is 0.235. The molecular formula is C23H20N2O2. The van der Waals surface area contributed by atoms with Crippen LogP contribution >= 0.6 is 0 Å². The van der Waals surface area contributed by atoms with E-state index in [4.69, 9.17) is 0 Å². The first-order valence-corrected chi connectivity index (χ1v) is 8.99. The van der Waals surface area contributed by atoms with Gasteiger partial charge in [0, 0.05) is 39.5 Å². The Labute approximate surface area is 157 Å². The molecule has 0 fully saturated rings. The first-order valence-electron chi connectivity index (χ1n) is 8.99. The minimum atomic E-state index is -0.0364. The van der Waals surface area contributed by atoms with E-state index >= 15 is 0 Å². The molecule has 134 valence electrons. The number of oxime groups is 1. The summed E-state index contributed by atoms with van der Waals surface area (Å²) in [5.41, 5.74) is 4.49. The predicted octanol–water partition coefficient (Wildman–Crippen LogP) is 5.24. The molecule has 0 bridgehead atoms. The van der Waals surface area contributed by atoms with E-state index < -0.39 is 0 Å². The number of rotatable bonds is 4. The minimum absolute atomic E-state index is 0.0364. The molecule has 0 spiro atoms. The van der Waals surface area contributed by atoms with E-state index in [1.165, 1.54) is 0 Å². The van der Waals surface area contributed by atoms with Gasteiger partial charge in [-0.2, -0.15) is 0 Å². The van der Waals surface area contributed by atoms with E-state index in [2.05, 4.69) is 28.8 Å². The summed E-state index contributed by atoms with van der Waals surface area (Å²) in [6.45, 7) is 4.57. The van der Waals surface area contributed by atoms with Crippen molar-refractivity contribution in [3.63, 3.8) is 0 Å². The molecule has 0 aliphatic rings. The number of hydrogen-bond acceptors (Lipinski definition) is 3. The summed E-state index contributed by atoms with van der Waals surface area (Å²) >= 11 is 0. The molecule has 4 rings (SSSR count). The van der Waals surface area contributed by atoms with Crippen molar-refractivity contribution in [2.24, 2.45) is 5.16 Å². The van der Waals surface area contributed by atoms with Crippen LogP contribution < -0.4 is 0 Å². The molecular weight excluding hydrogens is 336 g/mol. The maximum Gasteiger partial charge on any atom is 0.195 e. The van der Waals surface area contributed by atoms with Crippen LogP contribution in [0.2, 0.25) is 0 Å². The fourth-order valence-corrected chi connectivity index (χ4v) is 3.70. The molecule has 4 nitrogen and oxygen atoms in total. The second kappa shape index (κ2) is 6.72. The lowest BCUT2D eigenvalue weighted by molar-refractivity contribution is 0.104. The Morgan fingerprint density at radius 3 is 2.37 bits per heavy atom. The third-order valence-corrected chi connectivity index (χ3v) is 5.03. The summed E-state index contributed by atoms with van der Waals surface area (Å²) in [5, 5.41) is 14.7. The van der Waals surface area contributed by atoms with Gasteiger partial charge in [0.15, 0.2) is 5.78 Å². The summed E-state index contributed by atoms with van der Waals surface area (Å²) in [4.78, 5) is 13.4. The van der Waals surface area contributed by atoms with Gasteiger partial charge in [-0.3, -0.25) is 4.79 Å². The highest BCUT2D eigenvalue weighted by molar-refractivity contribution is 6.22. The van der Waals surface area contributed by atoms with Crippen LogP contribution in [0.1, 0.15) is 35.3 Å². The van der Waals surface area contributed by atoms with E-state index in [1.807, 2.05) is 54.6 Å². The third kappa shape index (κ3) is 2.70. The Morgan fingerprint density at radius 2 is 1.67 bits per heavy atom. The molecule has 0 saturated carbocycles. The van der Waals surface area contributed by atoms with E-state index in [-0.39, 0.29) is 5.78 Å². The normalized spacial score (nSPS) is 12.0. The first-order chi connectivity index (χ1) is 13.2. The van der Waals surface area contributed by atoms with Crippen LogP contribution in [0.4, 0.5) is 0 Å². The van der Waals surface area contributed by atoms with Crippen molar-refractivity contribution in [1.82, 2.24) is 4.57 Å². The number of aryl methyl sites for hydroxylation is 1. The summed E-state index contributed by atoms with van der Waals surface area (Å²) in [6, 6.07) is 21.3. The predicted molar refractivity (Wildman–Crippen MR) is 109 cm³/mol. The second-order valence-corrected chi connectivity index (χ2v) is 6.56. The zero-order chi connectivity index (χ0) is 19.0. The number of carbonyl (C=O) groups excluding carboxylic acids is 1. The van der Waals surface area contributed by atoms with Crippen molar-refractivity contribution in [3.05, 3.63) is 83.4 Å². The summed E-state index contributed by atoms with van der Waals surface area (Å²) in [5.74, 6) is -0.0364. The van der Waals surface area contributed by atoms with Crippen LogP contribution in [-0.2, 0) is 6.54 Å². The largest absolute Gasteiger partial charge is 0.411 e. The van der Waals surface area contributed by atoms with E-state index in [9.17, 15) is 10.0 Å². The number of fused-ring (bicyclic) bond motifs is 3. The zero-order valence-electron chi connectivity index (χ0n) is 15.3. The van der Waals surface area contributed by atoms with Crippen LogP contribution in [0, 0.1) is 0 Å². The Balaban J connectivity index is 2.14. The molecule has 1 N–H and O–H groups in total. The Morgan fingerprint density at radius 1 is 0.963 bits per heavy atom. The van der Waals surface area contributed by atoms with E-state index in [0.717, 1.165) is 33.9 Å². The van der Waals surface area contributed by atoms with Gasteiger partial charge in [-0.05, 0) is 32.0 Å². The van der Waals surface area contributed by atoms with Crippen molar-refractivity contribution in [3.8, 4) is 0 Å². The van der Waals surface area contributed by atoms with Crippen LogP contribution in [-0.4, -0.2) is 21.3 Å². The smallest absolute Gasteiger partial charge is 0.195 e. The molecule has 0 unspecified atom stereocenters. The van der Waals surface area contributed by atoms with Crippen molar-refractivity contribution < 1.29 is 10.0 Å². The fraction of sp³-hybridized carbons (Fsp3) is 0.130. The lowest BCUT2D eigenvalue weighted by atomic mass is 9.96. The van der Waals surface area contributed by atoms with Gasteiger partial charge in [0.2, 0.25) is 0 Å². The molecule has 0 saturated heterocycles. The highest BCUT2D eigenvalue weighted by atomic mass is 16.4. The second-order valence-electron chi connectivity index (χ2n) is 6.56. The molecule has 0 atom stereocenters. The molecule has 0 radical (unpaired) electrons. The summed E-state index contributed by atoms with van der Waals surface area (Å²) in [6.07, 6.45) is 0. The first kappa shape index (κ1) is 17.0. The number of hydrogen-bond donors (Lipinski definition) is 1. The maximum absolute atomic E-state index is 13.4. The average Bonchev–Trinajstić information content (AvgIpc) is 3.06. The van der Waals surface area contributed by atoms with Crippen molar-refractivity contribution in [2.45, 2.75) is 20.4 Å². The van der Waals surface area contributed by atoms with Crippen molar-refractivity contribution in [2.75, 3.05) is 0 Å². The van der Waals surface area contributed by atoms with Gasteiger partial charge in [-0.1, -0.05) is 53.7 Å². The molecule has 1 heterocycles. The van der Waals surface area contributed by atoms with E-state index in [0.29, 0.717) is 16.8 Å². The number of para-hydroxylation sites is 1. The molecule has 0 aliphatic heterocycles. The topological polar surface area (TPSA) is 54.6 Å². The molecule has 4 aromatic rings. The summed E-state index contributed by atoms with van der Waals surface area (Å²) < 4.78 is 2.18. The molecule has 0 amide bonds. The van der Waals surface area contributed by atoms with Gasteiger partial charge in [0.25, 0.3) is 0 Å². The van der Waals surface area contributed by atoms with Crippen LogP contribution in [0.3, 0.4) is 0 Å². The zero-order valence-corrected chi connectivity index (χ0v) is 15.3. The minimum Gasteiger partial charge on any atom is -0.411 e. The highest BCUT2D eigenvalue weighted by Gasteiger charge is 2.20. The van der Waals surface area contributed by atoms with Gasteiger partial charge < -0.3 is 9.77 Å². The van der Waals surface area contributed by atoms with Gasteiger partial charge in [0.05, 0.1) is 11.2 Å².